The molecule has 1 N–H and O–H groups in total. The fraction of sp³-hybridized carbons (Fsp3) is 1.00. The molecule has 4 unspecified atom stereocenters. The van der Waals surface area contributed by atoms with Crippen molar-refractivity contribution in [2.75, 3.05) is 13.2 Å². The minimum atomic E-state index is 0.361. The number of aliphatic hydroxyl groups is 1. The van der Waals surface area contributed by atoms with Crippen LogP contribution in [-0.2, 0) is 0 Å². The van der Waals surface area contributed by atoms with Gasteiger partial charge in [-0.15, -0.1) is 0 Å². The second-order valence-corrected chi connectivity index (χ2v) is 6.32. The van der Waals surface area contributed by atoms with E-state index in [1.807, 2.05) is 0 Å². The van der Waals surface area contributed by atoms with E-state index in [-0.39, 0.29) is 0 Å². The molecule has 100 valence electrons. The second kappa shape index (κ2) is 6.19. The first-order valence-electron chi connectivity index (χ1n) is 7.59. The van der Waals surface area contributed by atoms with Gasteiger partial charge in [0, 0.05) is 18.7 Å². The van der Waals surface area contributed by atoms with E-state index < -0.39 is 0 Å². The van der Waals surface area contributed by atoms with Crippen LogP contribution in [0.3, 0.4) is 0 Å². The van der Waals surface area contributed by atoms with E-state index in [2.05, 4.69) is 18.7 Å². The van der Waals surface area contributed by atoms with Crippen LogP contribution in [0, 0.1) is 11.8 Å². The van der Waals surface area contributed by atoms with Crippen molar-refractivity contribution in [2.45, 2.75) is 70.9 Å². The van der Waals surface area contributed by atoms with Crippen LogP contribution in [0.2, 0.25) is 0 Å². The zero-order valence-electron chi connectivity index (χ0n) is 11.6. The summed E-state index contributed by atoms with van der Waals surface area (Å²) in [7, 11) is 0. The molecule has 1 aliphatic heterocycles. The van der Waals surface area contributed by atoms with Gasteiger partial charge >= 0.3 is 0 Å². The van der Waals surface area contributed by atoms with Crippen LogP contribution >= 0.6 is 0 Å². The van der Waals surface area contributed by atoms with Gasteiger partial charge < -0.3 is 5.11 Å². The lowest BCUT2D eigenvalue weighted by atomic mass is 9.77. The molecule has 2 nitrogen and oxygen atoms in total. The number of nitrogens with zero attached hydrogens (tertiary/aromatic N) is 1. The number of hydrogen-bond donors (Lipinski definition) is 1. The number of likely N-dealkylation sites (tertiary alicyclic amines) is 1. The molecule has 1 saturated heterocycles. The predicted octanol–water partition coefficient (Wildman–Crippen LogP) is 3.05. The van der Waals surface area contributed by atoms with Gasteiger partial charge in [0.15, 0.2) is 0 Å². The van der Waals surface area contributed by atoms with Gasteiger partial charge in [0.2, 0.25) is 0 Å². The highest BCUT2D eigenvalue weighted by Gasteiger charge is 2.33. The van der Waals surface area contributed by atoms with E-state index >= 15 is 0 Å². The Balaban J connectivity index is 1.94. The van der Waals surface area contributed by atoms with Crippen molar-refractivity contribution >= 4 is 0 Å². The third-order valence-corrected chi connectivity index (χ3v) is 5.17. The van der Waals surface area contributed by atoms with Gasteiger partial charge in [0.1, 0.15) is 0 Å². The van der Waals surface area contributed by atoms with Gasteiger partial charge in [-0.25, -0.2) is 0 Å². The van der Waals surface area contributed by atoms with Crippen molar-refractivity contribution in [3.8, 4) is 0 Å². The first kappa shape index (κ1) is 13.4. The summed E-state index contributed by atoms with van der Waals surface area (Å²) >= 11 is 0. The number of hydrogen-bond acceptors (Lipinski definition) is 2. The Morgan fingerprint density at radius 1 is 1.06 bits per heavy atom. The largest absolute Gasteiger partial charge is 0.396 e. The van der Waals surface area contributed by atoms with E-state index in [9.17, 15) is 5.11 Å². The molecule has 0 amide bonds. The average Bonchev–Trinajstić information content (AvgIpc) is 2.34. The van der Waals surface area contributed by atoms with Crippen molar-refractivity contribution in [3.63, 3.8) is 0 Å². The van der Waals surface area contributed by atoms with Crippen molar-refractivity contribution in [2.24, 2.45) is 11.8 Å². The van der Waals surface area contributed by atoms with Crippen LogP contribution in [0.1, 0.15) is 58.8 Å². The Labute approximate surface area is 106 Å². The first-order valence-corrected chi connectivity index (χ1v) is 7.59. The summed E-state index contributed by atoms with van der Waals surface area (Å²) in [5.41, 5.74) is 0. The van der Waals surface area contributed by atoms with Gasteiger partial charge in [-0.1, -0.05) is 20.3 Å². The van der Waals surface area contributed by atoms with Gasteiger partial charge in [0.05, 0.1) is 0 Å². The molecule has 1 aliphatic carbocycles. The summed E-state index contributed by atoms with van der Waals surface area (Å²) in [6, 6.07) is 1.47. The Morgan fingerprint density at radius 2 is 1.88 bits per heavy atom. The summed E-state index contributed by atoms with van der Waals surface area (Å²) < 4.78 is 0. The van der Waals surface area contributed by atoms with E-state index in [0.717, 1.165) is 24.3 Å². The summed E-state index contributed by atoms with van der Waals surface area (Å²) in [5, 5.41) is 9.20. The SMILES string of the molecule is CC1CCC(N2CCCCC2CCO)CC1C. The van der Waals surface area contributed by atoms with Crippen molar-refractivity contribution in [1.82, 2.24) is 4.90 Å². The van der Waals surface area contributed by atoms with Crippen LogP contribution < -0.4 is 0 Å². The number of aliphatic hydroxyl groups excluding tert-OH is 1. The van der Waals surface area contributed by atoms with Gasteiger partial charge in [0.25, 0.3) is 0 Å². The summed E-state index contributed by atoms with van der Waals surface area (Å²) in [5.74, 6) is 1.79. The maximum atomic E-state index is 9.20. The fourth-order valence-electron chi connectivity index (χ4n) is 3.78. The molecule has 0 aromatic carbocycles. The molecule has 2 rings (SSSR count). The zero-order valence-corrected chi connectivity index (χ0v) is 11.6. The molecular formula is C15H29NO. The van der Waals surface area contributed by atoms with Crippen LogP contribution in [0.5, 0.6) is 0 Å². The fourth-order valence-corrected chi connectivity index (χ4v) is 3.78. The van der Waals surface area contributed by atoms with E-state index in [4.69, 9.17) is 0 Å². The predicted molar refractivity (Wildman–Crippen MR) is 72.0 cm³/mol. The normalized spacial score (nSPS) is 40.4. The molecule has 4 atom stereocenters. The number of rotatable bonds is 3. The van der Waals surface area contributed by atoms with Crippen molar-refractivity contribution < 1.29 is 5.11 Å². The van der Waals surface area contributed by atoms with Crippen molar-refractivity contribution in [3.05, 3.63) is 0 Å². The molecule has 2 aliphatic rings. The Morgan fingerprint density at radius 3 is 2.59 bits per heavy atom. The van der Waals surface area contributed by atoms with E-state index in [1.54, 1.807) is 0 Å². The standard InChI is InChI=1S/C15H29NO/c1-12-6-7-15(11-13(12)2)16-9-4-3-5-14(16)8-10-17/h12-15,17H,3-11H2,1-2H3. The highest BCUT2D eigenvalue weighted by Crippen LogP contribution is 2.35. The molecule has 2 heteroatoms. The van der Waals surface area contributed by atoms with Gasteiger partial charge in [-0.2, -0.15) is 0 Å². The molecular weight excluding hydrogens is 210 g/mol. The summed E-state index contributed by atoms with van der Waals surface area (Å²) in [4.78, 5) is 2.74. The van der Waals surface area contributed by atoms with Gasteiger partial charge in [-0.3, -0.25) is 4.90 Å². The Bertz CT molecular complexity index is 229. The molecule has 0 radical (unpaired) electrons. The molecule has 1 saturated carbocycles. The Kier molecular flexibility index (Phi) is 4.87. The van der Waals surface area contributed by atoms with Gasteiger partial charge in [-0.05, 0) is 56.9 Å². The van der Waals surface area contributed by atoms with Crippen LogP contribution in [0.25, 0.3) is 0 Å². The molecule has 0 aromatic rings. The van der Waals surface area contributed by atoms with Crippen LogP contribution in [-0.4, -0.2) is 35.2 Å². The van der Waals surface area contributed by atoms with Crippen molar-refractivity contribution in [1.29, 1.82) is 0 Å². The third kappa shape index (κ3) is 3.23. The van der Waals surface area contributed by atoms with E-state index in [1.165, 1.54) is 45.1 Å². The topological polar surface area (TPSA) is 23.5 Å². The zero-order chi connectivity index (χ0) is 12.3. The maximum absolute atomic E-state index is 9.20. The summed E-state index contributed by atoms with van der Waals surface area (Å²) in [6.45, 7) is 6.46. The quantitative estimate of drug-likeness (QED) is 0.818. The molecule has 0 aromatic heterocycles. The highest BCUT2D eigenvalue weighted by molar-refractivity contribution is 4.87. The monoisotopic (exact) mass is 239 g/mol. The maximum Gasteiger partial charge on any atom is 0.0445 e. The molecule has 2 fully saturated rings. The minimum absolute atomic E-state index is 0.361. The smallest absolute Gasteiger partial charge is 0.0445 e. The Hall–Kier alpha value is -0.0800. The average molecular weight is 239 g/mol. The molecule has 1 heterocycles. The van der Waals surface area contributed by atoms with E-state index in [0.29, 0.717) is 12.6 Å². The molecule has 17 heavy (non-hydrogen) atoms. The lowest BCUT2D eigenvalue weighted by molar-refractivity contribution is 0.0365. The van der Waals surface area contributed by atoms with Crippen LogP contribution in [0.4, 0.5) is 0 Å². The number of piperidine rings is 1. The lowest BCUT2D eigenvalue weighted by Gasteiger charge is -2.45. The molecule has 0 spiro atoms. The molecule has 0 bridgehead atoms. The van der Waals surface area contributed by atoms with Crippen LogP contribution in [0.15, 0.2) is 0 Å². The highest BCUT2D eigenvalue weighted by atomic mass is 16.3. The second-order valence-electron chi connectivity index (χ2n) is 6.32. The first-order chi connectivity index (χ1) is 8.22. The third-order valence-electron chi connectivity index (χ3n) is 5.17. The lowest BCUT2D eigenvalue weighted by Crippen LogP contribution is -2.49. The minimum Gasteiger partial charge on any atom is -0.396 e. The summed E-state index contributed by atoms with van der Waals surface area (Å²) in [6.07, 6.45) is 9.17.